The van der Waals surface area contributed by atoms with Crippen molar-refractivity contribution in [1.82, 2.24) is 0 Å². The van der Waals surface area contributed by atoms with Crippen LogP contribution in [0.15, 0.2) is 0 Å². The van der Waals surface area contributed by atoms with Gasteiger partial charge in [0.2, 0.25) is 5.79 Å². The van der Waals surface area contributed by atoms with Gasteiger partial charge in [-0.25, -0.2) is 0 Å². The van der Waals surface area contributed by atoms with E-state index in [1.165, 1.54) is 0 Å². The molecule has 23 heavy (non-hydrogen) atoms. The van der Waals surface area contributed by atoms with Crippen LogP contribution >= 0.6 is 0 Å². The van der Waals surface area contributed by atoms with Crippen molar-refractivity contribution >= 4 is 0 Å². The highest BCUT2D eigenvalue weighted by molar-refractivity contribution is 4.98. The first-order valence-corrected chi connectivity index (χ1v) is 7.05. The second-order valence-corrected chi connectivity index (χ2v) is 5.56. The van der Waals surface area contributed by atoms with Gasteiger partial charge in [-0.05, 0) is 0 Å². The van der Waals surface area contributed by atoms with Gasteiger partial charge in [0.05, 0.1) is 13.2 Å². The molecule has 0 aliphatic carbocycles. The molecule has 0 aromatic carbocycles. The van der Waals surface area contributed by atoms with Crippen LogP contribution in [0, 0.1) is 0 Å². The Morgan fingerprint density at radius 2 is 1.39 bits per heavy atom. The predicted molar refractivity (Wildman–Crippen MR) is 68.6 cm³/mol. The minimum atomic E-state index is -2.22. The monoisotopic (exact) mass is 342 g/mol. The molecule has 2 rings (SSSR count). The van der Waals surface area contributed by atoms with Crippen molar-refractivity contribution in [2.24, 2.45) is 0 Å². The smallest absolute Gasteiger partial charge is 0.224 e. The van der Waals surface area contributed by atoms with Crippen molar-refractivity contribution in [2.45, 2.75) is 54.8 Å². The lowest BCUT2D eigenvalue weighted by Gasteiger charge is -2.43. The van der Waals surface area contributed by atoms with Crippen molar-refractivity contribution in [3.05, 3.63) is 0 Å². The molecule has 2 heterocycles. The van der Waals surface area contributed by atoms with E-state index in [-0.39, 0.29) is 0 Å². The normalized spacial score (nSPS) is 51.1. The van der Waals surface area contributed by atoms with Gasteiger partial charge in [-0.3, -0.25) is 0 Å². The molecule has 0 aromatic rings. The minimum Gasteiger partial charge on any atom is -0.394 e. The van der Waals surface area contributed by atoms with E-state index in [0.717, 1.165) is 0 Å². The maximum absolute atomic E-state index is 10.00. The summed E-state index contributed by atoms with van der Waals surface area (Å²) in [6.07, 6.45) is -12.7. The predicted octanol–water partition coefficient (Wildman–Crippen LogP) is -5.40. The van der Waals surface area contributed by atoms with E-state index < -0.39 is 74.6 Å². The van der Waals surface area contributed by atoms with E-state index in [1.807, 2.05) is 0 Å². The molecule has 9 atom stereocenters. The van der Waals surface area contributed by atoms with Crippen LogP contribution in [0.5, 0.6) is 0 Å². The molecule has 11 nitrogen and oxygen atoms in total. The lowest BCUT2D eigenvalue weighted by Crippen LogP contribution is -2.62. The average molecular weight is 342 g/mol. The van der Waals surface area contributed by atoms with Gasteiger partial charge in [0.25, 0.3) is 0 Å². The highest BCUT2D eigenvalue weighted by Crippen LogP contribution is 2.35. The second-order valence-electron chi connectivity index (χ2n) is 5.56. The summed E-state index contributed by atoms with van der Waals surface area (Å²) in [5.74, 6) is -2.22. The van der Waals surface area contributed by atoms with Crippen molar-refractivity contribution < 1.29 is 55.1 Å². The molecule has 2 fully saturated rings. The van der Waals surface area contributed by atoms with Gasteiger partial charge < -0.3 is 55.1 Å². The van der Waals surface area contributed by atoms with Crippen molar-refractivity contribution in [1.29, 1.82) is 0 Å². The van der Waals surface area contributed by atoms with Crippen LogP contribution in [0.1, 0.15) is 0 Å². The first-order chi connectivity index (χ1) is 10.8. The number of hydrogen-bond donors (Lipinski definition) is 8. The molecule has 0 saturated carbocycles. The first kappa shape index (κ1) is 18.9. The molecule has 0 amide bonds. The number of aliphatic hydroxyl groups is 8. The second kappa shape index (κ2) is 7.21. The van der Waals surface area contributed by atoms with Gasteiger partial charge >= 0.3 is 0 Å². The zero-order valence-corrected chi connectivity index (χ0v) is 12.0. The van der Waals surface area contributed by atoms with E-state index in [2.05, 4.69) is 0 Å². The van der Waals surface area contributed by atoms with E-state index in [1.54, 1.807) is 0 Å². The third kappa shape index (κ3) is 3.23. The van der Waals surface area contributed by atoms with Crippen LogP contribution in [0.25, 0.3) is 0 Å². The minimum absolute atomic E-state index is 0.669. The van der Waals surface area contributed by atoms with Crippen LogP contribution in [0.4, 0.5) is 0 Å². The van der Waals surface area contributed by atoms with Crippen molar-refractivity contribution in [3.63, 3.8) is 0 Å². The Morgan fingerprint density at radius 3 is 1.87 bits per heavy atom. The standard InChI is InChI=1S/C12H22O11/c13-1-4-6(16)8(18)9(19)11(21-4)23-12(3-15)10(20)7(17)5(2-14)22-12/h4-11,13-20H,1-3H2/t4-,5+,6-,7+,8+,9-,10-,11-,12-/m0/s1. The third-order valence-electron chi connectivity index (χ3n) is 4.07. The lowest BCUT2D eigenvalue weighted by molar-refractivity contribution is -0.383. The van der Waals surface area contributed by atoms with Crippen LogP contribution in [-0.2, 0) is 14.2 Å². The maximum atomic E-state index is 10.00. The zero-order valence-electron chi connectivity index (χ0n) is 12.0. The third-order valence-corrected chi connectivity index (χ3v) is 4.07. The van der Waals surface area contributed by atoms with Gasteiger partial charge in [0.1, 0.15) is 49.3 Å². The largest absolute Gasteiger partial charge is 0.394 e. The molecule has 0 bridgehead atoms. The van der Waals surface area contributed by atoms with Gasteiger partial charge in [-0.1, -0.05) is 0 Å². The zero-order chi connectivity index (χ0) is 17.4. The number of rotatable bonds is 5. The Labute approximate surface area is 130 Å². The van der Waals surface area contributed by atoms with Crippen LogP contribution in [0.3, 0.4) is 0 Å². The number of hydrogen-bond acceptors (Lipinski definition) is 11. The average Bonchev–Trinajstić information content (AvgIpc) is 2.80. The fourth-order valence-electron chi connectivity index (χ4n) is 2.63. The van der Waals surface area contributed by atoms with Gasteiger partial charge in [0.15, 0.2) is 6.29 Å². The topological polar surface area (TPSA) is 190 Å². The molecule has 0 spiro atoms. The number of ether oxygens (including phenoxy) is 3. The van der Waals surface area contributed by atoms with Gasteiger partial charge in [0, 0.05) is 0 Å². The molecule has 0 radical (unpaired) electrons. The molecule has 11 heteroatoms. The van der Waals surface area contributed by atoms with Gasteiger partial charge in [-0.2, -0.15) is 0 Å². The molecule has 0 aromatic heterocycles. The lowest BCUT2D eigenvalue weighted by atomic mass is 9.99. The Hall–Kier alpha value is -0.440. The summed E-state index contributed by atoms with van der Waals surface area (Å²) in [4.78, 5) is 0. The first-order valence-electron chi connectivity index (χ1n) is 7.05. The van der Waals surface area contributed by atoms with Crippen LogP contribution in [-0.4, -0.2) is 115 Å². The molecule has 8 N–H and O–H groups in total. The molecule has 136 valence electrons. The fourth-order valence-corrected chi connectivity index (χ4v) is 2.63. The van der Waals surface area contributed by atoms with Crippen molar-refractivity contribution in [2.75, 3.05) is 19.8 Å². The van der Waals surface area contributed by atoms with Crippen LogP contribution < -0.4 is 0 Å². The van der Waals surface area contributed by atoms with Crippen LogP contribution in [0.2, 0.25) is 0 Å². The molecular formula is C12H22O11. The summed E-state index contributed by atoms with van der Waals surface area (Å²) in [5, 5.41) is 76.7. The van der Waals surface area contributed by atoms with E-state index in [9.17, 15) is 30.6 Å². The summed E-state index contributed by atoms with van der Waals surface area (Å²) < 4.78 is 15.4. The summed E-state index contributed by atoms with van der Waals surface area (Å²) in [6.45, 7) is -2.32. The van der Waals surface area contributed by atoms with E-state index >= 15 is 0 Å². The summed E-state index contributed by atoms with van der Waals surface area (Å²) in [5.41, 5.74) is 0. The molecule has 0 unspecified atom stereocenters. The highest BCUT2D eigenvalue weighted by Gasteiger charge is 2.58. The van der Waals surface area contributed by atoms with Crippen molar-refractivity contribution in [3.8, 4) is 0 Å². The highest BCUT2D eigenvalue weighted by atomic mass is 16.8. The molecular weight excluding hydrogens is 320 g/mol. The molecule has 2 aliphatic heterocycles. The number of aliphatic hydroxyl groups excluding tert-OH is 8. The Kier molecular flexibility index (Phi) is 5.92. The summed E-state index contributed by atoms with van der Waals surface area (Å²) in [6, 6.07) is 0. The van der Waals surface area contributed by atoms with E-state index in [0.29, 0.717) is 0 Å². The SMILES string of the molecule is OC[C@@H]1O[C@@H](O[C@]2(CO)O[C@H](CO)[C@@H](O)[C@@H]2O)[C@@H](O)[C@H](O)[C@H]1O. The Morgan fingerprint density at radius 1 is 0.783 bits per heavy atom. The Bertz CT molecular complexity index is 393. The maximum Gasteiger partial charge on any atom is 0.224 e. The molecule has 2 saturated heterocycles. The molecule has 2 aliphatic rings. The van der Waals surface area contributed by atoms with E-state index in [4.69, 9.17) is 24.4 Å². The summed E-state index contributed by atoms with van der Waals surface area (Å²) >= 11 is 0. The summed E-state index contributed by atoms with van der Waals surface area (Å²) in [7, 11) is 0. The fraction of sp³-hybridized carbons (Fsp3) is 1.00. The van der Waals surface area contributed by atoms with Gasteiger partial charge in [-0.15, -0.1) is 0 Å². The quantitative estimate of drug-likeness (QED) is 0.238. The Balaban J connectivity index is 2.18.